The predicted octanol–water partition coefficient (Wildman–Crippen LogP) is 3.55. The van der Waals surface area contributed by atoms with E-state index in [1.165, 1.54) is 31.6 Å². The summed E-state index contributed by atoms with van der Waals surface area (Å²) in [5, 5.41) is 8.47. The second-order valence-corrected chi connectivity index (χ2v) is 11.6. The zero-order valence-corrected chi connectivity index (χ0v) is 23.9. The van der Waals surface area contributed by atoms with Crippen LogP contribution < -0.4 is 20.7 Å². The standard InChI is InChI=1S/C25H35F3N6O5S/c1-15-12-19(21(39-4)13-16(15)23(35)29-10-11-38-3)32-24-30-14-17(25(26,27)28)22(33-24)31-18-8-6-7-9-20(18)34(2)40(5,36)37/h12-14,18,20H,6-11H2,1-5H3,(H,29,35)(H2,30,31,32,33)/t18-,20-/m1/s1. The average molecular weight is 589 g/mol. The number of carbonyl (C=O) groups excluding carboxylic acids is 1. The van der Waals surface area contributed by atoms with Crippen LogP contribution in [0.1, 0.15) is 47.2 Å². The van der Waals surface area contributed by atoms with Crippen LogP contribution in [0.5, 0.6) is 5.75 Å². The highest BCUT2D eigenvalue weighted by molar-refractivity contribution is 7.88. The van der Waals surface area contributed by atoms with E-state index in [1.54, 1.807) is 13.0 Å². The molecule has 0 unspecified atom stereocenters. The molecule has 0 saturated heterocycles. The largest absolute Gasteiger partial charge is 0.495 e. The first-order valence-electron chi connectivity index (χ1n) is 12.6. The number of likely N-dealkylation sites (N-methyl/N-ethyl adjacent to an activating group) is 1. The maximum absolute atomic E-state index is 13.9. The molecular weight excluding hydrogens is 553 g/mol. The minimum atomic E-state index is -4.75. The number of aryl methyl sites for hydroxylation is 1. The van der Waals surface area contributed by atoms with E-state index in [2.05, 4.69) is 25.9 Å². The summed E-state index contributed by atoms with van der Waals surface area (Å²) in [5.41, 5.74) is 0.201. The van der Waals surface area contributed by atoms with Gasteiger partial charge in [0, 0.05) is 44.5 Å². The van der Waals surface area contributed by atoms with E-state index in [0.717, 1.165) is 19.1 Å². The van der Waals surface area contributed by atoms with Crippen LogP contribution in [0.3, 0.4) is 0 Å². The predicted molar refractivity (Wildman–Crippen MR) is 145 cm³/mol. The van der Waals surface area contributed by atoms with Crippen LogP contribution in [-0.4, -0.2) is 81.4 Å². The van der Waals surface area contributed by atoms with E-state index >= 15 is 0 Å². The van der Waals surface area contributed by atoms with Gasteiger partial charge in [-0.15, -0.1) is 0 Å². The summed E-state index contributed by atoms with van der Waals surface area (Å²) in [5.74, 6) is -0.691. The number of hydrogen-bond donors (Lipinski definition) is 3. The van der Waals surface area contributed by atoms with Crippen molar-refractivity contribution < 1.29 is 35.9 Å². The van der Waals surface area contributed by atoms with E-state index in [4.69, 9.17) is 9.47 Å². The normalized spacial score (nSPS) is 17.9. The minimum Gasteiger partial charge on any atom is -0.495 e. The van der Waals surface area contributed by atoms with Crippen LogP contribution >= 0.6 is 0 Å². The van der Waals surface area contributed by atoms with Gasteiger partial charge in [0.2, 0.25) is 16.0 Å². The van der Waals surface area contributed by atoms with Crippen molar-refractivity contribution in [1.82, 2.24) is 19.6 Å². The highest BCUT2D eigenvalue weighted by atomic mass is 32.2. The van der Waals surface area contributed by atoms with Crippen LogP contribution in [0.4, 0.5) is 30.6 Å². The quantitative estimate of drug-likeness (QED) is 0.337. The fraction of sp³-hybridized carbons (Fsp3) is 0.560. The molecule has 1 heterocycles. The van der Waals surface area contributed by atoms with Crippen molar-refractivity contribution >= 4 is 33.4 Å². The summed E-state index contributed by atoms with van der Waals surface area (Å²) in [4.78, 5) is 20.5. The summed E-state index contributed by atoms with van der Waals surface area (Å²) >= 11 is 0. The lowest BCUT2D eigenvalue weighted by Gasteiger charge is -2.37. The lowest BCUT2D eigenvalue weighted by atomic mass is 9.90. The molecule has 0 aliphatic heterocycles. The van der Waals surface area contributed by atoms with Gasteiger partial charge in [0.15, 0.2) is 0 Å². The van der Waals surface area contributed by atoms with Gasteiger partial charge in [-0.2, -0.15) is 18.2 Å². The number of methoxy groups -OCH3 is 2. The summed E-state index contributed by atoms with van der Waals surface area (Å²) in [6, 6.07) is 1.99. The molecule has 0 spiro atoms. The maximum Gasteiger partial charge on any atom is 0.421 e. The lowest BCUT2D eigenvalue weighted by Crippen LogP contribution is -2.49. The summed E-state index contributed by atoms with van der Waals surface area (Å²) in [7, 11) is 0.772. The van der Waals surface area contributed by atoms with Gasteiger partial charge < -0.3 is 25.4 Å². The fourth-order valence-electron chi connectivity index (χ4n) is 4.58. The molecule has 222 valence electrons. The van der Waals surface area contributed by atoms with Crippen molar-refractivity contribution in [2.75, 3.05) is 51.3 Å². The Kier molecular flexibility index (Phi) is 10.2. The first-order chi connectivity index (χ1) is 18.8. The number of nitrogens with one attached hydrogen (secondary N) is 3. The zero-order chi connectivity index (χ0) is 29.7. The number of carbonyl (C=O) groups is 1. The van der Waals surface area contributed by atoms with Crippen LogP contribution in [0.2, 0.25) is 0 Å². The molecule has 1 aromatic carbocycles. The molecule has 0 radical (unpaired) electrons. The number of amides is 1. The lowest BCUT2D eigenvalue weighted by molar-refractivity contribution is -0.137. The molecular formula is C25H35F3N6O5S. The van der Waals surface area contributed by atoms with E-state index in [-0.39, 0.29) is 17.6 Å². The number of nitrogens with zero attached hydrogens (tertiary/aromatic N) is 3. The molecule has 15 heteroatoms. The second-order valence-electron chi connectivity index (χ2n) is 9.58. The van der Waals surface area contributed by atoms with Gasteiger partial charge in [0.25, 0.3) is 5.91 Å². The Morgan fingerprint density at radius 2 is 1.90 bits per heavy atom. The van der Waals surface area contributed by atoms with Crippen molar-refractivity contribution in [2.24, 2.45) is 0 Å². The van der Waals surface area contributed by atoms with Crippen molar-refractivity contribution in [2.45, 2.75) is 50.9 Å². The number of rotatable bonds is 11. The van der Waals surface area contributed by atoms with Gasteiger partial charge in [-0.05, 0) is 37.5 Å². The Hall–Kier alpha value is -3.17. The molecule has 40 heavy (non-hydrogen) atoms. The van der Waals surface area contributed by atoms with Crippen LogP contribution in [-0.2, 0) is 20.9 Å². The van der Waals surface area contributed by atoms with Gasteiger partial charge >= 0.3 is 6.18 Å². The van der Waals surface area contributed by atoms with Gasteiger partial charge in [-0.1, -0.05) is 12.8 Å². The molecule has 11 nitrogen and oxygen atoms in total. The zero-order valence-electron chi connectivity index (χ0n) is 23.1. The van der Waals surface area contributed by atoms with Gasteiger partial charge in [-0.25, -0.2) is 17.7 Å². The number of ether oxygens (including phenoxy) is 2. The topological polar surface area (TPSA) is 135 Å². The average Bonchev–Trinajstić information content (AvgIpc) is 2.87. The number of benzene rings is 1. The second kappa shape index (κ2) is 13.0. The molecule has 1 saturated carbocycles. The SMILES string of the molecule is COCCNC(=O)c1cc(OC)c(Nc2ncc(C(F)(F)F)c(N[C@@H]3CCCC[C@H]3N(C)S(C)(=O)=O)n2)cc1C. The smallest absolute Gasteiger partial charge is 0.421 e. The van der Waals surface area contributed by atoms with E-state index in [9.17, 15) is 26.4 Å². The van der Waals surface area contributed by atoms with E-state index in [0.29, 0.717) is 49.0 Å². The van der Waals surface area contributed by atoms with E-state index < -0.39 is 39.7 Å². The molecule has 3 rings (SSSR count). The first-order valence-corrected chi connectivity index (χ1v) is 14.5. The third kappa shape index (κ3) is 7.73. The molecule has 2 atom stereocenters. The van der Waals surface area contributed by atoms with Gasteiger partial charge in [-0.3, -0.25) is 4.79 Å². The number of alkyl halides is 3. The minimum absolute atomic E-state index is 0.144. The Balaban J connectivity index is 1.93. The highest BCUT2D eigenvalue weighted by Gasteiger charge is 2.38. The summed E-state index contributed by atoms with van der Waals surface area (Å²) < 4.78 is 77.6. The monoisotopic (exact) mass is 588 g/mol. The maximum atomic E-state index is 13.9. The van der Waals surface area contributed by atoms with Gasteiger partial charge in [0.05, 0.1) is 25.7 Å². The van der Waals surface area contributed by atoms with E-state index in [1.807, 2.05) is 0 Å². The first kappa shape index (κ1) is 31.4. The highest BCUT2D eigenvalue weighted by Crippen LogP contribution is 2.37. The van der Waals surface area contributed by atoms with Crippen molar-refractivity contribution in [3.8, 4) is 5.75 Å². The molecule has 1 aliphatic rings. The Bertz CT molecular complexity index is 1310. The number of sulfonamides is 1. The van der Waals surface area contributed by atoms with Crippen LogP contribution in [0, 0.1) is 6.92 Å². The number of halogens is 3. The molecule has 1 aromatic heterocycles. The van der Waals surface area contributed by atoms with Crippen molar-refractivity contribution in [3.05, 3.63) is 35.0 Å². The molecule has 3 N–H and O–H groups in total. The van der Waals surface area contributed by atoms with Crippen LogP contribution in [0.15, 0.2) is 18.3 Å². The number of anilines is 3. The molecule has 2 aromatic rings. The number of aromatic nitrogens is 2. The molecule has 1 fully saturated rings. The third-order valence-electron chi connectivity index (χ3n) is 6.77. The molecule has 0 bridgehead atoms. The summed E-state index contributed by atoms with van der Waals surface area (Å²) in [6.07, 6.45) is -0.560. The fourth-order valence-corrected chi connectivity index (χ4v) is 5.32. The Morgan fingerprint density at radius 1 is 1.20 bits per heavy atom. The van der Waals surface area contributed by atoms with Crippen molar-refractivity contribution in [1.29, 1.82) is 0 Å². The molecule has 1 aliphatic carbocycles. The Labute approximate surface area is 231 Å². The van der Waals surface area contributed by atoms with Crippen LogP contribution in [0.25, 0.3) is 0 Å². The number of hydrogen-bond acceptors (Lipinski definition) is 9. The third-order valence-corrected chi connectivity index (χ3v) is 8.08. The Morgan fingerprint density at radius 3 is 2.52 bits per heavy atom. The summed E-state index contributed by atoms with van der Waals surface area (Å²) in [6.45, 7) is 2.36. The molecule has 1 amide bonds. The van der Waals surface area contributed by atoms with Gasteiger partial charge in [0.1, 0.15) is 17.1 Å². The van der Waals surface area contributed by atoms with Crippen molar-refractivity contribution in [3.63, 3.8) is 0 Å².